The minimum absolute atomic E-state index is 0.315. The van der Waals surface area contributed by atoms with Crippen LogP contribution in [0.1, 0.15) is 39.7 Å². The van der Waals surface area contributed by atoms with Gasteiger partial charge in [-0.3, -0.25) is 0 Å². The van der Waals surface area contributed by atoms with Gasteiger partial charge >= 0.3 is 0 Å². The number of benzene rings is 1. The highest BCUT2D eigenvalue weighted by atomic mass is 35.5. The van der Waals surface area contributed by atoms with Gasteiger partial charge in [0.1, 0.15) is 16.1 Å². The Morgan fingerprint density at radius 3 is 2.42 bits per heavy atom. The largest absolute Gasteiger partial charge is 0.591 e. The van der Waals surface area contributed by atoms with Gasteiger partial charge in [-0.2, -0.15) is 0 Å². The molecule has 1 atom stereocenters. The second kappa shape index (κ2) is 6.98. The van der Waals surface area contributed by atoms with E-state index in [2.05, 4.69) is 4.40 Å². The Balaban J connectivity index is 2.61. The number of rotatable bonds is 4. The highest BCUT2D eigenvalue weighted by Crippen LogP contribution is 2.23. The predicted octanol–water partition coefficient (Wildman–Crippen LogP) is 4.85. The smallest absolute Gasteiger partial charge is 0.144 e. The Labute approximate surface area is 128 Å². The van der Waals surface area contributed by atoms with E-state index < -0.39 is 11.4 Å². The van der Waals surface area contributed by atoms with E-state index in [4.69, 9.17) is 23.2 Å². The van der Waals surface area contributed by atoms with Crippen molar-refractivity contribution in [2.45, 2.75) is 45.3 Å². The van der Waals surface area contributed by atoms with Crippen LogP contribution in [0.5, 0.6) is 0 Å². The molecule has 0 aromatic heterocycles. The molecule has 0 unspecified atom stereocenters. The fourth-order valence-corrected chi connectivity index (χ4v) is 2.31. The molecule has 0 spiro atoms. The average Bonchev–Trinajstić information content (AvgIpc) is 2.29. The van der Waals surface area contributed by atoms with Crippen molar-refractivity contribution >= 4 is 40.3 Å². The van der Waals surface area contributed by atoms with Crippen LogP contribution in [0.3, 0.4) is 0 Å². The minimum Gasteiger partial charge on any atom is -0.591 e. The average molecular weight is 320 g/mol. The third-order valence-corrected chi connectivity index (χ3v) is 4.79. The summed E-state index contributed by atoms with van der Waals surface area (Å²) in [7, 11) is 0. The Hall–Kier alpha value is -0.220. The fraction of sp³-hybridized carbons (Fsp3) is 0.500. The van der Waals surface area contributed by atoms with Gasteiger partial charge in [0.05, 0.1) is 15.8 Å². The van der Waals surface area contributed by atoms with Gasteiger partial charge in [0.2, 0.25) is 0 Å². The lowest BCUT2D eigenvalue weighted by molar-refractivity contribution is 0.561. The van der Waals surface area contributed by atoms with Crippen LogP contribution >= 0.6 is 23.2 Å². The van der Waals surface area contributed by atoms with Crippen molar-refractivity contribution < 1.29 is 4.55 Å². The molecule has 0 aliphatic carbocycles. The molecule has 2 nitrogen and oxygen atoms in total. The van der Waals surface area contributed by atoms with Crippen LogP contribution in [0.2, 0.25) is 10.0 Å². The summed E-state index contributed by atoms with van der Waals surface area (Å²) in [6, 6.07) is 5.60. The van der Waals surface area contributed by atoms with E-state index in [1.165, 1.54) is 0 Å². The molecule has 0 saturated carbocycles. The lowest BCUT2D eigenvalue weighted by atomic mass is 10.1. The molecule has 1 aromatic rings. The monoisotopic (exact) mass is 319 g/mol. The maximum atomic E-state index is 11.9. The quantitative estimate of drug-likeness (QED) is 0.577. The van der Waals surface area contributed by atoms with Crippen LogP contribution < -0.4 is 0 Å². The SMILES string of the molecule is CC(CCc1ccc(Cl)c(Cl)c1)=N[S@@+]([O-])C(C)(C)C. The standard InChI is InChI=1S/C14H19Cl2NOS/c1-10(17-19(18)14(2,3)4)5-6-11-7-8-12(15)13(16)9-11/h7-9H,5-6H2,1-4H3/t19-/m0/s1. The van der Waals surface area contributed by atoms with Crippen molar-refractivity contribution in [1.29, 1.82) is 0 Å². The van der Waals surface area contributed by atoms with E-state index in [0.717, 1.165) is 24.1 Å². The molecule has 0 bridgehead atoms. The van der Waals surface area contributed by atoms with Crippen molar-refractivity contribution in [2.75, 3.05) is 0 Å². The van der Waals surface area contributed by atoms with Crippen LogP contribution in [0.25, 0.3) is 0 Å². The summed E-state index contributed by atoms with van der Waals surface area (Å²) in [4.78, 5) is 0. The van der Waals surface area contributed by atoms with Crippen molar-refractivity contribution in [2.24, 2.45) is 4.40 Å². The molecule has 0 aliphatic heterocycles. The molecule has 0 aliphatic rings. The van der Waals surface area contributed by atoms with Gasteiger partial charge in [-0.15, -0.1) is 0 Å². The second-order valence-corrected chi connectivity index (χ2v) is 8.16. The van der Waals surface area contributed by atoms with Gasteiger partial charge in [0.25, 0.3) is 0 Å². The summed E-state index contributed by atoms with van der Waals surface area (Å²) in [6.45, 7) is 7.65. The van der Waals surface area contributed by atoms with Crippen molar-refractivity contribution in [3.63, 3.8) is 0 Å². The van der Waals surface area contributed by atoms with Gasteiger partial charge in [-0.25, -0.2) is 0 Å². The van der Waals surface area contributed by atoms with Gasteiger partial charge in [0.15, 0.2) is 0 Å². The molecular formula is C14H19Cl2NOS. The summed E-state index contributed by atoms with van der Waals surface area (Å²) < 4.78 is 15.8. The molecule has 0 fully saturated rings. The summed E-state index contributed by atoms with van der Waals surface area (Å²) >= 11 is 10.6. The van der Waals surface area contributed by atoms with E-state index in [1.54, 1.807) is 6.07 Å². The van der Waals surface area contributed by atoms with E-state index in [9.17, 15) is 4.55 Å². The molecule has 1 aromatic carbocycles. The fourth-order valence-electron chi connectivity index (χ4n) is 1.34. The highest BCUT2D eigenvalue weighted by Gasteiger charge is 2.26. The van der Waals surface area contributed by atoms with Crippen LogP contribution in [0, 0.1) is 0 Å². The number of nitrogens with zero attached hydrogens (tertiary/aromatic N) is 1. The van der Waals surface area contributed by atoms with E-state index in [1.807, 2.05) is 39.8 Å². The highest BCUT2D eigenvalue weighted by molar-refractivity contribution is 7.91. The maximum Gasteiger partial charge on any atom is 0.144 e. The first-order chi connectivity index (χ1) is 8.70. The first-order valence-corrected chi connectivity index (χ1v) is 7.96. The zero-order chi connectivity index (χ0) is 14.6. The Bertz CT molecular complexity index is 469. The van der Waals surface area contributed by atoms with Crippen molar-refractivity contribution in [3.05, 3.63) is 33.8 Å². The molecule has 0 saturated heterocycles. The molecule has 106 valence electrons. The van der Waals surface area contributed by atoms with Gasteiger partial charge in [-0.05, 0) is 58.2 Å². The molecule has 0 radical (unpaired) electrons. The van der Waals surface area contributed by atoms with Crippen molar-refractivity contribution in [1.82, 2.24) is 0 Å². The van der Waals surface area contributed by atoms with E-state index in [-0.39, 0.29) is 4.75 Å². The predicted molar refractivity (Wildman–Crippen MR) is 85.8 cm³/mol. The molecule has 0 heterocycles. The summed E-state index contributed by atoms with van der Waals surface area (Å²) in [5, 5.41) is 1.12. The molecule has 0 amide bonds. The number of halogens is 2. The Kier molecular flexibility index (Phi) is 6.18. The summed E-state index contributed by atoms with van der Waals surface area (Å²) in [6.07, 6.45) is 1.58. The van der Waals surface area contributed by atoms with Crippen LogP contribution in [0.15, 0.2) is 22.6 Å². The Morgan fingerprint density at radius 2 is 1.89 bits per heavy atom. The second-order valence-electron chi connectivity index (χ2n) is 5.44. The Morgan fingerprint density at radius 1 is 1.26 bits per heavy atom. The lowest BCUT2D eigenvalue weighted by Gasteiger charge is -2.18. The third-order valence-electron chi connectivity index (χ3n) is 2.52. The first-order valence-electron chi connectivity index (χ1n) is 6.10. The summed E-state index contributed by atoms with van der Waals surface area (Å²) in [5.74, 6) is 0. The molecular weight excluding hydrogens is 301 g/mol. The number of aryl methyl sites for hydroxylation is 1. The molecule has 5 heteroatoms. The van der Waals surface area contributed by atoms with Gasteiger partial charge < -0.3 is 4.55 Å². The molecule has 19 heavy (non-hydrogen) atoms. The van der Waals surface area contributed by atoms with Gasteiger partial charge in [-0.1, -0.05) is 33.7 Å². The zero-order valence-electron chi connectivity index (χ0n) is 11.7. The first kappa shape index (κ1) is 16.8. The van der Waals surface area contributed by atoms with Crippen molar-refractivity contribution in [3.8, 4) is 0 Å². The molecule has 1 rings (SSSR count). The third kappa shape index (κ3) is 5.74. The lowest BCUT2D eigenvalue weighted by Crippen LogP contribution is -2.26. The maximum absolute atomic E-state index is 11.9. The van der Waals surface area contributed by atoms with Gasteiger partial charge in [0, 0.05) is 0 Å². The van der Waals surface area contributed by atoms with Crippen LogP contribution in [0.4, 0.5) is 0 Å². The van der Waals surface area contributed by atoms with Crippen LogP contribution in [-0.4, -0.2) is 15.0 Å². The van der Waals surface area contributed by atoms with E-state index in [0.29, 0.717) is 10.0 Å². The van der Waals surface area contributed by atoms with E-state index >= 15 is 0 Å². The number of hydrogen-bond donors (Lipinski definition) is 0. The topological polar surface area (TPSA) is 35.4 Å². The summed E-state index contributed by atoms with van der Waals surface area (Å²) in [5.41, 5.74) is 1.99. The minimum atomic E-state index is -1.19. The zero-order valence-corrected chi connectivity index (χ0v) is 14.0. The van der Waals surface area contributed by atoms with Crippen LogP contribution in [-0.2, 0) is 17.8 Å². The molecule has 0 N–H and O–H groups in total. The normalized spacial score (nSPS) is 14.6. The number of hydrogen-bond acceptors (Lipinski definition) is 2.